The van der Waals surface area contributed by atoms with Crippen LogP contribution in [-0.2, 0) is 5.54 Å². The smallest absolute Gasteiger partial charge is 0.0681 e. The van der Waals surface area contributed by atoms with Gasteiger partial charge in [-0.05, 0) is 50.9 Å². The third kappa shape index (κ3) is 3.81. The number of nitrogens with one attached hydrogen (secondary N) is 1. The topological polar surface area (TPSA) is 35.5 Å². The maximum absolute atomic E-state index is 10.0. The lowest BCUT2D eigenvalue weighted by atomic mass is 9.87. The molecule has 20 heavy (non-hydrogen) atoms. The molecule has 1 aliphatic rings. The van der Waals surface area contributed by atoms with Crippen molar-refractivity contribution in [3.05, 3.63) is 35.9 Å². The summed E-state index contributed by atoms with van der Waals surface area (Å²) in [6, 6.07) is 10.4. The van der Waals surface area contributed by atoms with Crippen molar-refractivity contribution in [2.75, 3.05) is 32.8 Å². The Morgan fingerprint density at radius 2 is 1.90 bits per heavy atom. The number of aliphatic hydroxyl groups excluding tert-OH is 1. The molecule has 0 saturated carbocycles. The Hall–Kier alpha value is -0.900. The molecule has 1 aromatic rings. The van der Waals surface area contributed by atoms with E-state index in [1.165, 1.54) is 31.5 Å². The second-order valence-electron chi connectivity index (χ2n) is 5.83. The number of hydrogen-bond donors (Lipinski definition) is 2. The van der Waals surface area contributed by atoms with Crippen molar-refractivity contribution in [1.29, 1.82) is 0 Å². The fraction of sp³-hybridized carbons (Fsp3) is 0.647. The average Bonchev–Trinajstić information content (AvgIpc) is 3.02. The normalized spacial score (nSPS) is 19.1. The quantitative estimate of drug-likeness (QED) is 0.765. The van der Waals surface area contributed by atoms with Crippen LogP contribution in [0.2, 0.25) is 0 Å². The van der Waals surface area contributed by atoms with Crippen molar-refractivity contribution in [3.63, 3.8) is 0 Å². The van der Waals surface area contributed by atoms with Gasteiger partial charge in [-0.1, -0.05) is 37.3 Å². The highest BCUT2D eigenvalue weighted by Gasteiger charge is 2.31. The maximum atomic E-state index is 10.0. The first-order valence-electron chi connectivity index (χ1n) is 7.94. The molecule has 0 amide bonds. The summed E-state index contributed by atoms with van der Waals surface area (Å²) in [5, 5.41) is 13.6. The second kappa shape index (κ2) is 7.77. The molecule has 1 heterocycles. The van der Waals surface area contributed by atoms with Gasteiger partial charge in [0.25, 0.3) is 0 Å². The Balaban J connectivity index is 2.08. The summed E-state index contributed by atoms with van der Waals surface area (Å²) in [5.41, 5.74) is 0.912. The van der Waals surface area contributed by atoms with Gasteiger partial charge in [-0.2, -0.15) is 0 Å². The molecule has 112 valence electrons. The monoisotopic (exact) mass is 276 g/mol. The minimum atomic E-state index is -0.292. The molecule has 0 radical (unpaired) electrons. The van der Waals surface area contributed by atoms with Crippen molar-refractivity contribution in [1.82, 2.24) is 10.2 Å². The number of nitrogens with zero attached hydrogens (tertiary/aromatic N) is 1. The highest BCUT2D eigenvalue weighted by atomic mass is 16.3. The molecule has 0 bridgehead atoms. The Kier molecular flexibility index (Phi) is 6.02. The Morgan fingerprint density at radius 1 is 1.20 bits per heavy atom. The molecule has 1 aliphatic heterocycles. The lowest BCUT2D eigenvalue weighted by Crippen LogP contribution is -2.48. The van der Waals surface area contributed by atoms with Crippen molar-refractivity contribution in [2.24, 2.45) is 0 Å². The number of likely N-dealkylation sites (tertiary alicyclic amines) is 1. The molecule has 1 fully saturated rings. The molecule has 2 N–H and O–H groups in total. The lowest BCUT2D eigenvalue weighted by molar-refractivity contribution is 0.136. The highest BCUT2D eigenvalue weighted by molar-refractivity contribution is 5.24. The van der Waals surface area contributed by atoms with Gasteiger partial charge in [0.2, 0.25) is 0 Å². The third-order valence-corrected chi connectivity index (χ3v) is 4.36. The number of aliphatic hydroxyl groups is 1. The van der Waals surface area contributed by atoms with E-state index in [1.807, 2.05) is 6.07 Å². The van der Waals surface area contributed by atoms with Crippen molar-refractivity contribution in [3.8, 4) is 0 Å². The standard InChI is InChI=1S/C17H28N2O/c1-2-11-18-17(15-20,16-8-4-3-5-9-16)10-14-19-12-6-7-13-19/h3-5,8-9,18,20H,2,6-7,10-15H2,1H3. The SMILES string of the molecule is CCCNC(CO)(CCN1CCCC1)c1ccccc1. The third-order valence-electron chi connectivity index (χ3n) is 4.36. The van der Waals surface area contributed by atoms with E-state index in [0.29, 0.717) is 0 Å². The first-order chi connectivity index (χ1) is 9.80. The van der Waals surface area contributed by atoms with Gasteiger partial charge in [0, 0.05) is 6.54 Å². The van der Waals surface area contributed by atoms with Gasteiger partial charge in [-0.15, -0.1) is 0 Å². The summed E-state index contributed by atoms with van der Waals surface area (Å²) < 4.78 is 0. The van der Waals surface area contributed by atoms with Crippen molar-refractivity contribution >= 4 is 0 Å². The molecular weight excluding hydrogens is 248 g/mol. The van der Waals surface area contributed by atoms with Gasteiger partial charge in [-0.25, -0.2) is 0 Å². The molecule has 1 saturated heterocycles. The van der Waals surface area contributed by atoms with E-state index in [2.05, 4.69) is 41.4 Å². The van der Waals surface area contributed by atoms with E-state index < -0.39 is 0 Å². The predicted octanol–water partition coefficient (Wildman–Crippen LogP) is 2.36. The number of hydrogen-bond acceptors (Lipinski definition) is 3. The molecule has 2 rings (SSSR count). The highest BCUT2D eigenvalue weighted by Crippen LogP contribution is 2.26. The minimum Gasteiger partial charge on any atom is -0.394 e. The van der Waals surface area contributed by atoms with Crippen LogP contribution in [0.15, 0.2) is 30.3 Å². The second-order valence-corrected chi connectivity index (χ2v) is 5.83. The molecule has 0 spiro atoms. The zero-order valence-corrected chi connectivity index (χ0v) is 12.6. The predicted molar refractivity (Wildman–Crippen MR) is 83.8 cm³/mol. The van der Waals surface area contributed by atoms with E-state index in [0.717, 1.165) is 25.9 Å². The minimum absolute atomic E-state index is 0.158. The van der Waals surface area contributed by atoms with Crippen LogP contribution < -0.4 is 5.32 Å². The maximum Gasteiger partial charge on any atom is 0.0681 e. The zero-order valence-electron chi connectivity index (χ0n) is 12.6. The van der Waals surface area contributed by atoms with Crippen molar-refractivity contribution < 1.29 is 5.11 Å². The summed E-state index contributed by atoms with van der Waals surface area (Å²) in [6.07, 6.45) is 4.69. The Labute approximate surface area is 123 Å². The summed E-state index contributed by atoms with van der Waals surface area (Å²) in [5.74, 6) is 0. The largest absolute Gasteiger partial charge is 0.394 e. The first kappa shape index (κ1) is 15.5. The molecule has 0 aromatic heterocycles. The van der Waals surface area contributed by atoms with Gasteiger partial charge >= 0.3 is 0 Å². The molecular formula is C17H28N2O. The van der Waals surface area contributed by atoms with Crippen LogP contribution in [0, 0.1) is 0 Å². The Morgan fingerprint density at radius 3 is 2.50 bits per heavy atom. The molecule has 1 aromatic carbocycles. The van der Waals surface area contributed by atoms with Gasteiger partial charge in [-0.3, -0.25) is 0 Å². The summed E-state index contributed by atoms with van der Waals surface area (Å²) in [7, 11) is 0. The van der Waals surface area contributed by atoms with Crippen LogP contribution in [0.3, 0.4) is 0 Å². The molecule has 1 atom stereocenters. The van der Waals surface area contributed by atoms with Gasteiger partial charge in [0.1, 0.15) is 0 Å². The average molecular weight is 276 g/mol. The van der Waals surface area contributed by atoms with E-state index in [1.54, 1.807) is 0 Å². The molecule has 3 nitrogen and oxygen atoms in total. The lowest BCUT2D eigenvalue weighted by Gasteiger charge is -2.35. The van der Waals surface area contributed by atoms with E-state index in [4.69, 9.17) is 0 Å². The number of benzene rings is 1. The van der Waals surface area contributed by atoms with Gasteiger partial charge < -0.3 is 15.3 Å². The molecule has 0 aliphatic carbocycles. The fourth-order valence-electron chi connectivity index (χ4n) is 3.04. The van der Waals surface area contributed by atoms with Crippen LogP contribution in [0.4, 0.5) is 0 Å². The molecule has 3 heteroatoms. The summed E-state index contributed by atoms with van der Waals surface area (Å²) in [4.78, 5) is 2.51. The van der Waals surface area contributed by atoms with Crippen LogP contribution in [0.25, 0.3) is 0 Å². The van der Waals surface area contributed by atoms with Gasteiger partial charge in [0.05, 0.1) is 12.1 Å². The van der Waals surface area contributed by atoms with E-state index in [9.17, 15) is 5.11 Å². The summed E-state index contributed by atoms with van der Waals surface area (Å²) in [6.45, 7) is 6.75. The van der Waals surface area contributed by atoms with Crippen molar-refractivity contribution in [2.45, 2.75) is 38.1 Å². The van der Waals surface area contributed by atoms with Gasteiger partial charge in [0.15, 0.2) is 0 Å². The fourth-order valence-corrected chi connectivity index (χ4v) is 3.04. The van der Waals surface area contributed by atoms with Crippen LogP contribution in [-0.4, -0.2) is 42.8 Å². The number of rotatable bonds is 8. The first-order valence-corrected chi connectivity index (χ1v) is 7.94. The van der Waals surface area contributed by atoms with Crippen LogP contribution >= 0.6 is 0 Å². The van der Waals surface area contributed by atoms with E-state index in [-0.39, 0.29) is 12.1 Å². The van der Waals surface area contributed by atoms with Crippen LogP contribution in [0.1, 0.15) is 38.2 Å². The van der Waals surface area contributed by atoms with E-state index >= 15 is 0 Å². The van der Waals surface area contributed by atoms with Crippen LogP contribution in [0.5, 0.6) is 0 Å². The summed E-state index contributed by atoms with van der Waals surface area (Å²) >= 11 is 0. The Bertz CT molecular complexity index is 376. The molecule has 1 unspecified atom stereocenters. The zero-order chi connectivity index (χ0) is 14.3.